The van der Waals surface area contributed by atoms with Crippen LogP contribution in [0.5, 0.6) is 11.5 Å². The maximum Gasteiger partial charge on any atom is 0.344 e. The minimum atomic E-state index is -0.592. The Morgan fingerprint density at radius 2 is 1.74 bits per heavy atom. The summed E-state index contributed by atoms with van der Waals surface area (Å²) in [5.74, 6) is 0.246. The molecule has 0 amide bonds. The monoisotopic (exact) mass is 371 g/mol. The zero-order valence-electron chi connectivity index (χ0n) is 16.0. The van der Waals surface area contributed by atoms with Crippen LogP contribution in [-0.2, 0) is 9.53 Å². The quantitative estimate of drug-likeness (QED) is 0.497. The first-order valence-electron chi connectivity index (χ1n) is 9.23. The Kier molecular flexibility index (Phi) is 5.84. The van der Waals surface area contributed by atoms with E-state index in [4.69, 9.17) is 14.2 Å². The summed E-state index contributed by atoms with van der Waals surface area (Å²) < 4.78 is 18.2. The molecule has 0 unspecified atom stereocenters. The summed E-state index contributed by atoms with van der Waals surface area (Å²) in [4.78, 5) is 24.4. The fourth-order valence-corrected chi connectivity index (χ4v) is 3.20. The van der Waals surface area contributed by atoms with Gasteiger partial charge >= 0.3 is 5.97 Å². The predicted molar refractivity (Wildman–Crippen MR) is 101 cm³/mol. The molecule has 0 spiro atoms. The summed E-state index contributed by atoms with van der Waals surface area (Å²) in [7, 11) is 0. The summed E-state index contributed by atoms with van der Waals surface area (Å²) >= 11 is 0. The van der Waals surface area contributed by atoms with Crippen LogP contribution in [0.2, 0.25) is 0 Å². The molecule has 6 nitrogen and oxygen atoms in total. The first kappa shape index (κ1) is 19.0. The van der Waals surface area contributed by atoms with Crippen molar-refractivity contribution in [2.45, 2.75) is 39.7 Å². The lowest BCUT2D eigenvalue weighted by atomic mass is 10.1. The molecular weight excluding hydrogens is 346 g/mol. The van der Waals surface area contributed by atoms with E-state index in [1.165, 1.54) is 0 Å². The summed E-state index contributed by atoms with van der Waals surface area (Å²) in [6.07, 6.45) is 2.30. The maximum absolute atomic E-state index is 12.4. The number of rotatable bonds is 9. The van der Waals surface area contributed by atoms with Crippen molar-refractivity contribution in [3.8, 4) is 11.5 Å². The van der Waals surface area contributed by atoms with E-state index in [0.29, 0.717) is 29.7 Å². The van der Waals surface area contributed by atoms with Gasteiger partial charge in [-0.1, -0.05) is 12.1 Å². The van der Waals surface area contributed by atoms with Crippen molar-refractivity contribution in [1.29, 1.82) is 0 Å². The lowest BCUT2D eigenvalue weighted by Crippen LogP contribution is -2.20. The van der Waals surface area contributed by atoms with Crippen LogP contribution in [0.3, 0.4) is 0 Å². The number of nitrogens with zero attached hydrogens (tertiary/aromatic N) is 1. The van der Waals surface area contributed by atoms with Gasteiger partial charge in [0.15, 0.2) is 24.7 Å². The minimum Gasteiger partial charge on any atom is -0.490 e. The van der Waals surface area contributed by atoms with Crippen molar-refractivity contribution in [2.24, 2.45) is 0 Å². The third-order valence-electron chi connectivity index (χ3n) is 4.56. The lowest BCUT2D eigenvalue weighted by Gasteiger charge is -2.11. The first-order valence-corrected chi connectivity index (χ1v) is 9.23. The second-order valence-corrected chi connectivity index (χ2v) is 6.64. The minimum absolute atomic E-state index is 0.196. The maximum atomic E-state index is 12.4. The van der Waals surface area contributed by atoms with Crippen LogP contribution in [0, 0.1) is 13.8 Å². The molecule has 0 bridgehead atoms. The van der Waals surface area contributed by atoms with Gasteiger partial charge in [-0.25, -0.2) is 4.79 Å². The number of ketones is 1. The van der Waals surface area contributed by atoms with Crippen LogP contribution in [0.25, 0.3) is 0 Å². The number of aryl methyl sites for hydroxylation is 1. The molecule has 3 rings (SSSR count). The average Bonchev–Trinajstić information content (AvgIpc) is 3.44. The van der Waals surface area contributed by atoms with E-state index < -0.39 is 5.97 Å². The molecule has 1 aliphatic carbocycles. The van der Waals surface area contributed by atoms with Gasteiger partial charge in [-0.05, 0) is 51.8 Å². The molecule has 0 radical (unpaired) electrons. The van der Waals surface area contributed by atoms with Gasteiger partial charge < -0.3 is 18.8 Å². The molecular formula is C21H25NO5. The number of benzene rings is 1. The predicted octanol–water partition coefficient (Wildman–Crippen LogP) is 3.64. The Morgan fingerprint density at radius 3 is 2.37 bits per heavy atom. The van der Waals surface area contributed by atoms with E-state index in [1.807, 2.05) is 32.9 Å². The van der Waals surface area contributed by atoms with E-state index >= 15 is 0 Å². The normalized spacial score (nSPS) is 13.3. The lowest BCUT2D eigenvalue weighted by molar-refractivity contribution is -0.144. The summed E-state index contributed by atoms with van der Waals surface area (Å²) in [6.45, 7) is 5.74. The molecule has 1 aliphatic rings. The van der Waals surface area contributed by atoms with Crippen LogP contribution in [0.15, 0.2) is 30.3 Å². The fraction of sp³-hybridized carbons (Fsp3) is 0.429. The Bertz CT molecular complexity index is 835. The van der Waals surface area contributed by atoms with E-state index in [0.717, 1.165) is 24.2 Å². The molecule has 1 aromatic heterocycles. The van der Waals surface area contributed by atoms with Gasteiger partial charge in [0, 0.05) is 23.0 Å². The number of aromatic nitrogens is 1. The summed E-state index contributed by atoms with van der Waals surface area (Å²) in [5.41, 5.74) is 2.63. The van der Waals surface area contributed by atoms with Crippen molar-refractivity contribution in [1.82, 2.24) is 4.57 Å². The highest BCUT2D eigenvalue weighted by Crippen LogP contribution is 2.38. The zero-order chi connectivity index (χ0) is 19.4. The van der Waals surface area contributed by atoms with E-state index in [1.54, 1.807) is 18.2 Å². The van der Waals surface area contributed by atoms with Crippen molar-refractivity contribution in [3.05, 3.63) is 47.3 Å². The molecule has 6 heteroatoms. The zero-order valence-corrected chi connectivity index (χ0v) is 16.0. The Morgan fingerprint density at radius 1 is 1.07 bits per heavy atom. The second-order valence-electron chi connectivity index (χ2n) is 6.64. The average molecular weight is 371 g/mol. The van der Waals surface area contributed by atoms with Gasteiger partial charge in [0.25, 0.3) is 0 Å². The van der Waals surface area contributed by atoms with Gasteiger partial charge in [0.2, 0.25) is 5.78 Å². The first-order chi connectivity index (χ1) is 13.0. The van der Waals surface area contributed by atoms with Gasteiger partial charge in [0.05, 0.1) is 6.61 Å². The SMILES string of the molecule is CCOc1ccccc1OCC(=O)OCC(=O)c1cc(C)n(C2CC2)c1C. The number of esters is 1. The van der Waals surface area contributed by atoms with Crippen LogP contribution >= 0.6 is 0 Å². The third kappa shape index (κ3) is 4.51. The Balaban J connectivity index is 1.52. The molecule has 1 fully saturated rings. The highest BCUT2D eigenvalue weighted by Gasteiger charge is 2.28. The smallest absolute Gasteiger partial charge is 0.344 e. The van der Waals surface area contributed by atoms with Crippen LogP contribution in [0.1, 0.15) is 47.6 Å². The second kappa shape index (κ2) is 8.29. The molecule has 144 valence electrons. The van der Waals surface area contributed by atoms with Crippen molar-refractivity contribution >= 4 is 11.8 Å². The summed E-state index contributed by atoms with van der Waals surface area (Å²) in [5, 5.41) is 0. The van der Waals surface area contributed by atoms with Crippen molar-refractivity contribution < 1.29 is 23.8 Å². The molecule has 2 aromatic rings. The number of hydrogen-bond donors (Lipinski definition) is 0. The van der Waals surface area contributed by atoms with E-state index in [-0.39, 0.29) is 19.0 Å². The Hall–Kier alpha value is -2.76. The molecule has 0 saturated heterocycles. The number of hydrogen-bond acceptors (Lipinski definition) is 5. The molecule has 1 saturated carbocycles. The van der Waals surface area contributed by atoms with Gasteiger partial charge in [-0.3, -0.25) is 4.79 Å². The number of carbonyl (C=O) groups excluding carboxylic acids is 2. The van der Waals surface area contributed by atoms with Gasteiger partial charge in [-0.15, -0.1) is 0 Å². The largest absolute Gasteiger partial charge is 0.490 e. The number of para-hydroxylation sites is 2. The van der Waals surface area contributed by atoms with Gasteiger partial charge in [-0.2, -0.15) is 0 Å². The highest BCUT2D eigenvalue weighted by molar-refractivity contribution is 5.99. The molecule has 1 heterocycles. The van der Waals surface area contributed by atoms with Crippen LogP contribution in [-0.4, -0.2) is 36.1 Å². The number of carbonyl (C=O) groups is 2. The van der Waals surface area contributed by atoms with E-state index in [2.05, 4.69) is 4.57 Å². The number of Topliss-reactive ketones (excluding diaryl/α,β-unsaturated/α-hetero) is 1. The number of ether oxygens (including phenoxy) is 3. The standard InChI is InChI=1S/C21H25NO5/c1-4-25-19-7-5-6-8-20(19)26-13-21(24)27-12-18(23)17-11-14(2)22(15(17)3)16-9-10-16/h5-8,11,16H,4,9-10,12-13H2,1-3H3. The van der Waals surface area contributed by atoms with E-state index in [9.17, 15) is 9.59 Å². The highest BCUT2D eigenvalue weighted by atomic mass is 16.6. The Labute approximate surface area is 159 Å². The topological polar surface area (TPSA) is 66.8 Å². The summed E-state index contributed by atoms with van der Waals surface area (Å²) in [6, 6.07) is 9.49. The fourth-order valence-electron chi connectivity index (χ4n) is 3.20. The molecule has 27 heavy (non-hydrogen) atoms. The van der Waals surface area contributed by atoms with Crippen molar-refractivity contribution in [3.63, 3.8) is 0 Å². The molecule has 0 N–H and O–H groups in total. The molecule has 1 aromatic carbocycles. The van der Waals surface area contributed by atoms with Gasteiger partial charge in [0.1, 0.15) is 0 Å². The van der Waals surface area contributed by atoms with Crippen molar-refractivity contribution in [2.75, 3.05) is 19.8 Å². The molecule has 0 atom stereocenters. The molecule has 0 aliphatic heterocycles. The van der Waals surface area contributed by atoms with Crippen LogP contribution < -0.4 is 9.47 Å². The van der Waals surface area contributed by atoms with Crippen LogP contribution in [0.4, 0.5) is 0 Å². The third-order valence-corrected chi connectivity index (χ3v) is 4.56.